The van der Waals surface area contributed by atoms with Crippen molar-refractivity contribution in [1.82, 2.24) is 4.98 Å². The number of aromatic nitrogens is 1. The van der Waals surface area contributed by atoms with Gasteiger partial charge in [0.15, 0.2) is 0 Å². The van der Waals surface area contributed by atoms with Crippen molar-refractivity contribution in [1.29, 1.82) is 0 Å². The maximum Gasteiger partial charge on any atom is 0.416 e. The number of pyridine rings is 1. The maximum absolute atomic E-state index is 13.0. The summed E-state index contributed by atoms with van der Waals surface area (Å²) in [6.07, 6.45) is -1.87. The van der Waals surface area contributed by atoms with E-state index in [4.69, 9.17) is 0 Å². The van der Waals surface area contributed by atoms with Crippen molar-refractivity contribution in [3.05, 3.63) is 77.6 Å². The molecule has 0 bridgehead atoms. The second-order valence-corrected chi connectivity index (χ2v) is 8.23. The maximum atomic E-state index is 13.0. The molecule has 0 radical (unpaired) electrons. The Labute approximate surface area is 184 Å². The van der Waals surface area contributed by atoms with E-state index in [2.05, 4.69) is 35.2 Å². The van der Waals surface area contributed by atoms with Gasteiger partial charge in [-0.1, -0.05) is 32.0 Å². The smallest absolute Gasteiger partial charge is 0.324 e. The monoisotopic (exact) mass is 437 g/mol. The third kappa shape index (κ3) is 4.88. The van der Waals surface area contributed by atoms with E-state index in [9.17, 15) is 18.0 Å². The van der Waals surface area contributed by atoms with Gasteiger partial charge in [-0.25, -0.2) is 0 Å². The number of benzene rings is 2. The third-order valence-electron chi connectivity index (χ3n) is 5.14. The van der Waals surface area contributed by atoms with Gasteiger partial charge in [-0.15, -0.1) is 0 Å². The molecule has 32 heavy (non-hydrogen) atoms. The van der Waals surface area contributed by atoms with Crippen LogP contribution in [0.25, 0.3) is 11.1 Å². The fourth-order valence-electron chi connectivity index (χ4n) is 3.67. The van der Waals surface area contributed by atoms with Crippen LogP contribution in [0.2, 0.25) is 0 Å². The van der Waals surface area contributed by atoms with Gasteiger partial charge in [0, 0.05) is 11.9 Å². The fourth-order valence-corrected chi connectivity index (χ4v) is 3.67. The molecule has 1 aliphatic rings. The normalized spacial score (nSPS) is 13.9. The minimum absolute atomic E-state index is 0.0333. The molecule has 1 aromatic heterocycles. The molecular weight excluding hydrogens is 415 g/mol. The number of hydrogen-bond donors (Lipinski definition) is 1. The van der Waals surface area contributed by atoms with Crippen LogP contribution < -0.4 is 5.32 Å². The number of fused-ring (bicyclic) bond motifs is 1. The Balaban J connectivity index is 1.71. The Hall–Kier alpha value is -3.48. The predicted octanol–water partition coefficient (Wildman–Crippen LogP) is 6.43. The first kappa shape index (κ1) is 21.7. The number of rotatable bonds is 4. The molecule has 164 valence electrons. The van der Waals surface area contributed by atoms with Gasteiger partial charge in [0.2, 0.25) is 5.91 Å². The van der Waals surface area contributed by atoms with Crippen molar-refractivity contribution in [3.8, 4) is 11.1 Å². The van der Waals surface area contributed by atoms with Gasteiger partial charge in [-0.05, 0) is 65.4 Å². The highest BCUT2D eigenvalue weighted by Crippen LogP contribution is 2.36. The molecule has 2 aromatic carbocycles. The van der Waals surface area contributed by atoms with Crippen LogP contribution in [0.3, 0.4) is 0 Å². The summed E-state index contributed by atoms with van der Waals surface area (Å²) in [6, 6.07) is 14.8. The van der Waals surface area contributed by atoms with Crippen LogP contribution in [0.5, 0.6) is 0 Å². The standard InChI is InChI=1S/C25H22F3N3O/c1-15(2)10-20-12-17(8-9-29-20)16-4-3-5-18(11-16)22-14-24(32)31-23-13-19(25(26,27)28)6-7-21(23)30-22/h3-9,11-13,15H,10,14H2,1-2H3,(H,31,32). The van der Waals surface area contributed by atoms with Gasteiger partial charge in [0.1, 0.15) is 0 Å². The zero-order valence-electron chi connectivity index (χ0n) is 17.7. The number of nitrogens with zero attached hydrogens (tertiary/aromatic N) is 2. The molecule has 1 amide bonds. The molecule has 7 heteroatoms. The van der Waals surface area contributed by atoms with Crippen LogP contribution in [0.1, 0.15) is 37.1 Å². The van der Waals surface area contributed by atoms with Crippen LogP contribution >= 0.6 is 0 Å². The Bertz CT molecular complexity index is 1200. The second-order valence-electron chi connectivity index (χ2n) is 8.23. The molecule has 1 aliphatic heterocycles. The van der Waals surface area contributed by atoms with Crippen LogP contribution in [-0.2, 0) is 17.4 Å². The number of carbonyl (C=O) groups excluding carboxylic acids is 1. The van der Waals surface area contributed by atoms with Crippen LogP contribution in [-0.4, -0.2) is 16.6 Å². The van der Waals surface area contributed by atoms with E-state index in [1.807, 2.05) is 30.3 Å². The zero-order valence-corrected chi connectivity index (χ0v) is 17.7. The van der Waals surface area contributed by atoms with Crippen molar-refractivity contribution >= 4 is 23.0 Å². The topological polar surface area (TPSA) is 54.4 Å². The third-order valence-corrected chi connectivity index (χ3v) is 5.14. The van der Waals surface area contributed by atoms with Crippen molar-refractivity contribution in [2.24, 2.45) is 10.9 Å². The molecule has 0 saturated heterocycles. The summed E-state index contributed by atoms with van der Waals surface area (Å²) >= 11 is 0. The van der Waals surface area contributed by atoms with Gasteiger partial charge < -0.3 is 5.32 Å². The summed E-state index contributed by atoms with van der Waals surface area (Å²) in [4.78, 5) is 21.4. The summed E-state index contributed by atoms with van der Waals surface area (Å²) in [5.41, 5.74) is 3.74. The summed E-state index contributed by atoms with van der Waals surface area (Å²) in [5, 5.41) is 2.54. The SMILES string of the molecule is CC(C)Cc1cc(-c2cccc(C3=Nc4ccc(C(F)(F)F)cc4NC(=O)C3)c2)ccn1. The lowest BCUT2D eigenvalue weighted by molar-refractivity contribution is -0.137. The number of nitrogens with one attached hydrogen (secondary N) is 1. The Morgan fingerprint density at radius 1 is 1.00 bits per heavy atom. The molecule has 0 aliphatic carbocycles. The van der Waals surface area contributed by atoms with Gasteiger partial charge in [0.25, 0.3) is 0 Å². The average Bonchev–Trinajstić information content (AvgIpc) is 2.90. The molecule has 4 rings (SSSR count). The Morgan fingerprint density at radius 2 is 1.75 bits per heavy atom. The van der Waals surface area contributed by atoms with E-state index < -0.39 is 17.6 Å². The fraction of sp³-hybridized carbons (Fsp3) is 0.240. The van der Waals surface area contributed by atoms with Crippen molar-refractivity contribution in [2.45, 2.75) is 32.9 Å². The number of hydrogen-bond acceptors (Lipinski definition) is 3. The second kappa shape index (κ2) is 8.57. The quantitative estimate of drug-likeness (QED) is 0.511. The lowest BCUT2D eigenvalue weighted by Crippen LogP contribution is -2.15. The minimum Gasteiger partial charge on any atom is -0.324 e. The summed E-state index contributed by atoms with van der Waals surface area (Å²) in [6.45, 7) is 4.28. The van der Waals surface area contributed by atoms with Gasteiger partial charge in [0.05, 0.1) is 29.1 Å². The molecule has 1 N–H and O–H groups in total. The summed E-state index contributed by atoms with van der Waals surface area (Å²) in [7, 11) is 0. The first-order chi connectivity index (χ1) is 15.2. The zero-order chi connectivity index (χ0) is 22.9. The van der Waals surface area contributed by atoms with E-state index >= 15 is 0 Å². The highest BCUT2D eigenvalue weighted by molar-refractivity contribution is 6.17. The summed E-state index contributed by atoms with van der Waals surface area (Å²) in [5.74, 6) is 0.0798. The molecule has 2 heterocycles. The molecule has 0 unspecified atom stereocenters. The highest BCUT2D eigenvalue weighted by Gasteiger charge is 2.31. The van der Waals surface area contributed by atoms with E-state index in [0.29, 0.717) is 17.3 Å². The van der Waals surface area contributed by atoms with Crippen molar-refractivity contribution in [2.75, 3.05) is 5.32 Å². The molecule has 0 atom stereocenters. The minimum atomic E-state index is -4.49. The number of alkyl halides is 3. The number of halogens is 3. The largest absolute Gasteiger partial charge is 0.416 e. The van der Waals surface area contributed by atoms with Crippen LogP contribution in [0, 0.1) is 5.92 Å². The lowest BCUT2D eigenvalue weighted by atomic mass is 9.98. The van der Waals surface area contributed by atoms with E-state index in [1.54, 1.807) is 6.20 Å². The van der Waals surface area contributed by atoms with Crippen molar-refractivity contribution < 1.29 is 18.0 Å². The number of anilines is 1. The lowest BCUT2D eigenvalue weighted by Gasteiger charge is -2.10. The first-order valence-corrected chi connectivity index (χ1v) is 10.3. The summed E-state index contributed by atoms with van der Waals surface area (Å²) < 4.78 is 39.1. The van der Waals surface area contributed by atoms with Crippen LogP contribution in [0.4, 0.5) is 24.5 Å². The Kier molecular flexibility index (Phi) is 5.82. The molecular formula is C25H22F3N3O. The molecule has 0 spiro atoms. The number of aliphatic imine (C=N–C) groups is 1. The van der Waals surface area contributed by atoms with Gasteiger partial charge in [-0.2, -0.15) is 13.2 Å². The number of carbonyl (C=O) groups is 1. The molecule has 0 saturated carbocycles. The van der Waals surface area contributed by atoms with Crippen LogP contribution in [0.15, 0.2) is 65.8 Å². The number of amides is 1. The Morgan fingerprint density at radius 3 is 2.50 bits per heavy atom. The highest BCUT2D eigenvalue weighted by atomic mass is 19.4. The molecule has 3 aromatic rings. The molecule has 0 fully saturated rings. The molecule has 4 nitrogen and oxygen atoms in total. The van der Waals surface area contributed by atoms with Crippen molar-refractivity contribution in [3.63, 3.8) is 0 Å². The van der Waals surface area contributed by atoms with Gasteiger partial charge in [-0.3, -0.25) is 14.8 Å². The predicted molar refractivity (Wildman–Crippen MR) is 119 cm³/mol. The van der Waals surface area contributed by atoms with E-state index in [0.717, 1.165) is 40.9 Å². The van der Waals surface area contributed by atoms with E-state index in [-0.39, 0.29) is 12.1 Å². The first-order valence-electron chi connectivity index (χ1n) is 10.3. The van der Waals surface area contributed by atoms with E-state index in [1.165, 1.54) is 6.07 Å². The van der Waals surface area contributed by atoms with Gasteiger partial charge >= 0.3 is 6.18 Å². The average molecular weight is 437 g/mol.